The van der Waals surface area contributed by atoms with Crippen LogP contribution in [0.15, 0.2) is 36.8 Å². The Morgan fingerprint density at radius 1 is 1.22 bits per heavy atom. The van der Waals surface area contributed by atoms with Gasteiger partial charge in [0.2, 0.25) is 0 Å². The molecule has 23 heavy (non-hydrogen) atoms. The smallest absolute Gasteiger partial charge is 0.283 e. The molecule has 2 aromatic rings. The van der Waals surface area contributed by atoms with Crippen LogP contribution in [0.25, 0.3) is 11.4 Å². The van der Waals surface area contributed by atoms with Crippen molar-refractivity contribution in [1.82, 2.24) is 14.5 Å². The second kappa shape index (κ2) is 5.72. The summed E-state index contributed by atoms with van der Waals surface area (Å²) in [6, 6.07) is 6.91. The van der Waals surface area contributed by atoms with Crippen molar-refractivity contribution in [2.75, 3.05) is 4.90 Å². The van der Waals surface area contributed by atoms with Crippen molar-refractivity contribution in [3.8, 4) is 11.4 Å². The van der Waals surface area contributed by atoms with Crippen molar-refractivity contribution in [2.24, 2.45) is 14.1 Å². The summed E-state index contributed by atoms with van der Waals surface area (Å²) in [5.74, 6) is 2.19. The Hall–Kier alpha value is -2.30. The van der Waals surface area contributed by atoms with Gasteiger partial charge in [-0.05, 0) is 39.8 Å². The molecule has 122 valence electrons. The highest BCUT2D eigenvalue weighted by Gasteiger charge is 2.33. The molecule has 1 unspecified atom stereocenters. The van der Waals surface area contributed by atoms with Gasteiger partial charge in [0.15, 0.2) is 11.9 Å². The summed E-state index contributed by atoms with van der Waals surface area (Å²) in [6.07, 6.45) is 6.59. The van der Waals surface area contributed by atoms with E-state index in [-0.39, 0.29) is 0 Å². The Bertz CT molecular complexity index is 744. The first-order valence-electron chi connectivity index (χ1n) is 8.13. The van der Waals surface area contributed by atoms with E-state index in [0.717, 1.165) is 17.2 Å². The third-order valence-corrected chi connectivity index (χ3v) is 4.78. The van der Waals surface area contributed by atoms with Crippen molar-refractivity contribution >= 4 is 5.82 Å². The monoisotopic (exact) mass is 312 g/mol. The van der Waals surface area contributed by atoms with Gasteiger partial charge < -0.3 is 9.47 Å². The van der Waals surface area contributed by atoms with Gasteiger partial charge in [-0.2, -0.15) is 0 Å². The molecule has 0 N–H and O–H groups in total. The summed E-state index contributed by atoms with van der Waals surface area (Å²) >= 11 is 0. The molecular weight excluding hydrogens is 286 g/mol. The lowest BCUT2D eigenvalue weighted by molar-refractivity contribution is -0.647. The number of rotatable bonds is 3. The predicted octanol–water partition coefficient (Wildman–Crippen LogP) is 2.57. The van der Waals surface area contributed by atoms with E-state index in [1.807, 2.05) is 13.1 Å². The molecule has 1 aliphatic rings. The quantitative estimate of drug-likeness (QED) is 0.816. The molecule has 2 aromatic heterocycles. The van der Waals surface area contributed by atoms with Gasteiger partial charge >= 0.3 is 0 Å². The minimum atomic E-state index is 0.310. The topological polar surface area (TPSA) is 28.2 Å². The molecule has 1 aliphatic heterocycles. The lowest BCUT2D eigenvalue weighted by Crippen LogP contribution is -2.45. The summed E-state index contributed by atoms with van der Waals surface area (Å²) in [4.78, 5) is 9.10. The minimum absolute atomic E-state index is 0.310. The number of hydrogen-bond acceptors (Lipinski definition) is 3. The third kappa shape index (κ3) is 2.50. The average molecular weight is 312 g/mol. The number of imidazole rings is 1. The molecule has 0 spiro atoms. The number of anilines is 1. The lowest BCUT2D eigenvalue weighted by Gasteiger charge is -2.28. The summed E-state index contributed by atoms with van der Waals surface area (Å²) in [7, 11) is 4.18. The summed E-state index contributed by atoms with van der Waals surface area (Å²) < 4.78 is 4.36. The third-order valence-electron chi connectivity index (χ3n) is 4.78. The van der Waals surface area contributed by atoms with Crippen LogP contribution >= 0.6 is 0 Å². The van der Waals surface area contributed by atoms with Gasteiger partial charge in [0.25, 0.3) is 5.82 Å². The van der Waals surface area contributed by atoms with Crippen LogP contribution in [0.5, 0.6) is 0 Å². The summed E-state index contributed by atoms with van der Waals surface area (Å²) in [5, 5.41) is 0. The number of hydrogen-bond donors (Lipinski definition) is 0. The Morgan fingerprint density at radius 2 is 1.96 bits per heavy atom. The highest BCUT2D eigenvalue weighted by Crippen LogP contribution is 2.25. The van der Waals surface area contributed by atoms with Crippen LogP contribution in [-0.4, -0.2) is 26.7 Å². The Kier molecular flexibility index (Phi) is 3.88. The lowest BCUT2D eigenvalue weighted by atomic mass is 10.2. The van der Waals surface area contributed by atoms with Crippen molar-refractivity contribution in [2.45, 2.75) is 39.9 Å². The van der Waals surface area contributed by atoms with E-state index in [1.54, 1.807) is 0 Å². The second-order valence-electron chi connectivity index (χ2n) is 6.46. The highest BCUT2D eigenvalue weighted by molar-refractivity contribution is 5.53. The van der Waals surface area contributed by atoms with Gasteiger partial charge in [-0.1, -0.05) is 0 Å². The van der Waals surface area contributed by atoms with Crippen LogP contribution < -0.4 is 9.47 Å². The van der Waals surface area contributed by atoms with E-state index in [2.05, 4.69) is 89.4 Å². The Morgan fingerprint density at radius 3 is 2.52 bits per heavy atom. The first kappa shape index (κ1) is 15.6. The zero-order chi connectivity index (χ0) is 16.7. The van der Waals surface area contributed by atoms with E-state index in [4.69, 9.17) is 0 Å². The molecule has 3 rings (SSSR count). The first-order valence-corrected chi connectivity index (χ1v) is 8.13. The minimum Gasteiger partial charge on any atom is -0.334 e. The molecular formula is C18H26N5+. The second-order valence-corrected chi connectivity index (χ2v) is 6.46. The van der Waals surface area contributed by atoms with Crippen LogP contribution in [0.3, 0.4) is 0 Å². The maximum atomic E-state index is 4.42. The van der Waals surface area contributed by atoms with Crippen LogP contribution in [0.4, 0.5) is 5.82 Å². The van der Waals surface area contributed by atoms with Crippen molar-refractivity contribution in [3.63, 3.8) is 0 Å². The van der Waals surface area contributed by atoms with E-state index in [1.165, 1.54) is 5.82 Å². The molecule has 0 aromatic carbocycles. The highest BCUT2D eigenvalue weighted by atomic mass is 15.4. The molecule has 5 nitrogen and oxygen atoms in total. The molecule has 0 fully saturated rings. The summed E-state index contributed by atoms with van der Waals surface area (Å²) in [5.41, 5.74) is 2.29. The van der Waals surface area contributed by atoms with Gasteiger partial charge in [0.05, 0.1) is 13.2 Å². The Balaban J connectivity index is 2.02. The van der Waals surface area contributed by atoms with Crippen LogP contribution in [0, 0.1) is 6.92 Å². The van der Waals surface area contributed by atoms with Gasteiger partial charge in [0, 0.05) is 25.4 Å². The van der Waals surface area contributed by atoms with Crippen molar-refractivity contribution in [1.29, 1.82) is 0 Å². The number of aryl methyl sites for hydroxylation is 1. The SMILES string of the molecule is Cc1ncc(-c2cccc(N3C=CN(C(C)C)C3C)[n+]2C)n1C. The van der Waals surface area contributed by atoms with Crippen LogP contribution in [-0.2, 0) is 14.1 Å². The van der Waals surface area contributed by atoms with E-state index >= 15 is 0 Å². The van der Waals surface area contributed by atoms with Gasteiger partial charge in [-0.3, -0.25) is 0 Å². The first-order chi connectivity index (χ1) is 10.9. The largest absolute Gasteiger partial charge is 0.334 e. The molecule has 1 atom stereocenters. The fourth-order valence-electron chi connectivity index (χ4n) is 3.24. The predicted molar refractivity (Wildman–Crippen MR) is 92.6 cm³/mol. The van der Waals surface area contributed by atoms with E-state index < -0.39 is 0 Å². The molecule has 0 amide bonds. The maximum Gasteiger partial charge on any atom is 0.283 e. The maximum absolute atomic E-state index is 4.42. The molecule has 0 saturated carbocycles. The number of aromatic nitrogens is 3. The van der Waals surface area contributed by atoms with E-state index in [9.17, 15) is 0 Å². The molecule has 0 bridgehead atoms. The van der Waals surface area contributed by atoms with Gasteiger partial charge in [-0.15, -0.1) is 0 Å². The van der Waals surface area contributed by atoms with Crippen LogP contribution in [0.2, 0.25) is 0 Å². The van der Waals surface area contributed by atoms with E-state index in [0.29, 0.717) is 12.2 Å². The zero-order valence-electron chi connectivity index (χ0n) is 14.9. The van der Waals surface area contributed by atoms with Crippen molar-refractivity contribution in [3.05, 3.63) is 42.6 Å². The fraction of sp³-hybridized carbons (Fsp3) is 0.444. The molecule has 0 radical (unpaired) electrons. The van der Waals surface area contributed by atoms with Crippen molar-refractivity contribution < 1.29 is 4.57 Å². The molecule has 0 saturated heterocycles. The molecule has 3 heterocycles. The normalized spacial score (nSPS) is 17.6. The van der Waals surface area contributed by atoms with Gasteiger partial charge in [0.1, 0.15) is 17.7 Å². The number of pyridine rings is 1. The average Bonchev–Trinajstić information content (AvgIpc) is 3.04. The Labute approximate surface area is 138 Å². The standard InChI is InChI=1S/C18H26N5/c1-13(2)22-10-11-23(15(22)4)18-9-7-8-16(21(18)6)17-12-19-14(3)20(17)5/h7-13,15H,1-6H3/q+1. The van der Waals surface area contributed by atoms with Crippen LogP contribution in [0.1, 0.15) is 26.6 Å². The fourth-order valence-corrected chi connectivity index (χ4v) is 3.24. The molecule has 5 heteroatoms. The van der Waals surface area contributed by atoms with Gasteiger partial charge in [-0.25, -0.2) is 14.5 Å². The summed E-state index contributed by atoms with van der Waals surface area (Å²) in [6.45, 7) is 8.71. The number of nitrogens with zero attached hydrogens (tertiary/aromatic N) is 5. The molecule has 0 aliphatic carbocycles. The zero-order valence-corrected chi connectivity index (χ0v) is 14.9.